The minimum Gasteiger partial charge on any atom is -0.382 e. The van der Waals surface area contributed by atoms with Crippen LogP contribution in [-0.2, 0) is 4.74 Å². The van der Waals surface area contributed by atoms with Crippen molar-refractivity contribution in [1.82, 2.24) is 20.1 Å². The van der Waals surface area contributed by atoms with E-state index in [0.717, 1.165) is 51.6 Å². The zero-order valence-electron chi connectivity index (χ0n) is 14.0. The van der Waals surface area contributed by atoms with E-state index >= 15 is 0 Å². The summed E-state index contributed by atoms with van der Waals surface area (Å²) in [7, 11) is 4.05. The lowest BCUT2D eigenvalue weighted by molar-refractivity contribution is 0.0383. The number of anilines is 1. The molecule has 2 heterocycles. The van der Waals surface area contributed by atoms with Gasteiger partial charge in [0.05, 0.1) is 24.5 Å². The molecule has 23 heavy (non-hydrogen) atoms. The number of pyridine rings is 1. The Hall–Kier alpha value is -1.70. The second kappa shape index (κ2) is 9.44. The van der Waals surface area contributed by atoms with Crippen LogP contribution in [0.15, 0.2) is 18.5 Å². The predicted molar refractivity (Wildman–Crippen MR) is 90.9 cm³/mol. The summed E-state index contributed by atoms with van der Waals surface area (Å²) < 4.78 is 5.31. The summed E-state index contributed by atoms with van der Waals surface area (Å²) in [6.07, 6.45) is 3.33. The summed E-state index contributed by atoms with van der Waals surface area (Å²) in [6.45, 7) is 6.65. The van der Waals surface area contributed by atoms with Crippen molar-refractivity contribution in [3.63, 3.8) is 0 Å². The van der Waals surface area contributed by atoms with Crippen molar-refractivity contribution in [2.24, 2.45) is 0 Å². The molecule has 128 valence electrons. The minimum absolute atomic E-state index is 0.0815. The number of ether oxygens (including phenoxy) is 1. The number of hydrogen-bond acceptors (Lipinski definition) is 6. The van der Waals surface area contributed by atoms with Crippen molar-refractivity contribution < 1.29 is 9.53 Å². The third kappa shape index (κ3) is 6.52. The molecular formula is C16H27N5O2. The van der Waals surface area contributed by atoms with Gasteiger partial charge in [0.2, 0.25) is 0 Å². The molecule has 1 aromatic heterocycles. The number of likely N-dealkylation sites (N-methyl/N-ethyl adjacent to an activating group) is 1. The van der Waals surface area contributed by atoms with Gasteiger partial charge in [0.15, 0.2) is 0 Å². The molecule has 1 amide bonds. The smallest absolute Gasteiger partial charge is 0.252 e. The third-order valence-corrected chi connectivity index (χ3v) is 3.71. The zero-order chi connectivity index (χ0) is 16.5. The van der Waals surface area contributed by atoms with E-state index in [2.05, 4.69) is 25.4 Å². The molecule has 0 spiro atoms. The van der Waals surface area contributed by atoms with Crippen LogP contribution in [0.2, 0.25) is 0 Å². The largest absolute Gasteiger partial charge is 0.382 e. The highest BCUT2D eigenvalue weighted by atomic mass is 16.5. The zero-order valence-corrected chi connectivity index (χ0v) is 14.0. The van der Waals surface area contributed by atoms with E-state index in [1.807, 2.05) is 20.2 Å². The van der Waals surface area contributed by atoms with Crippen LogP contribution >= 0.6 is 0 Å². The fraction of sp³-hybridized carbons (Fsp3) is 0.625. The Labute approximate surface area is 138 Å². The number of rotatable bonds is 8. The van der Waals surface area contributed by atoms with Gasteiger partial charge >= 0.3 is 0 Å². The van der Waals surface area contributed by atoms with Crippen molar-refractivity contribution in [3.05, 3.63) is 24.0 Å². The van der Waals surface area contributed by atoms with Crippen LogP contribution < -0.4 is 10.6 Å². The molecule has 1 saturated heterocycles. The molecule has 7 nitrogen and oxygen atoms in total. The second-order valence-electron chi connectivity index (χ2n) is 5.90. The number of carbonyl (C=O) groups excluding carboxylic acids is 1. The van der Waals surface area contributed by atoms with Gasteiger partial charge in [0, 0.05) is 51.7 Å². The summed E-state index contributed by atoms with van der Waals surface area (Å²) in [6, 6.07) is 1.84. The Bertz CT molecular complexity index is 489. The van der Waals surface area contributed by atoms with Gasteiger partial charge < -0.3 is 20.3 Å². The molecule has 0 saturated carbocycles. The van der Waals surface area contributed by atoms with Crippen LogP contribution in [0.5, 0.6) is 0 Å². The van der Waals surface area contributed by atoms with Crippen molar-refractivity contribution >= 4 is 11.6 Å². The van der Waals surface area contributed by atoms with Crippen molar-refractivity contribution in [2.45, 2.75) is 0 Å². The van der Waals surface area contributed by atoms with E-state index in [1.54, 1.807) is 12.4 Å². The molecular weight excluding hydrogens is 294 g/mol. The van der Waals surface area contributed by atoms with Crippen molar-refractivity contribution in [3.8, 4) is 0 Å². The van der Waals surface area contributed by atoms with Crippen LogP contribution in [0, 0.1) is 0 Å². The molecule has 1 aromatic rings. The summed E-state index contributed by atoms with van der Waals surface area (Å²) >= 11 is 0. The van der Waals surface area contributed by atoms with Gasteiger partial charge in [0.25, 0.3) is 5.91 Å². The Balaban J connectivity index is 1.74. The van der Waals surface area contributed by atoms with E-state index in [4.69, 9.17) is 4.74 Å². The van der Waals surface area contributed by atoms with Gasteiger partial charge in [-0.2, -0.15) is 0 Å². The van der Waals surface area contributed by atoms with Gasteiger partial charge in [-0.05, 0) is 20.2 Å². The lowest BCUT2D eigenvalue weighted by Gasteiger charge is -2.26. The highest BCUT2D eigenvalue weighted by molar-refractivity contribution is 5.94. The summed E-state index contributed by atoms with van der Waals surface area (Å²) in [5.41, 5.74) is 1.45. The first-order chi connectivity index (χ1) is 11.1. The molecule has 2 rings (SSSR count). The van der Waals surface area contributed by atoms with E-state index in [0.29, 0.717) is 12.1 Å². The van der Waals surface area contributed by atoms with Crippen LogP contribution in [0.1, 0.15) is 10.4 Å². The molecule has 0 unspecified atom stereocenters. The number of carbonyl (C=O) groups is 1. The molecule has 2 N–H and O–H groups in total. The summed E-state index contributed by atoms with van der Waals surface area (Å²) in [4.78, 5) is 20.7. The molecule has 7 heteroatoms. The van der Waals surface area contributed by atoms with Crippen LogP contribution in [0.4, 0.5) is 5.69 Å². The third-order valence-electron chi connectivity index (χ3n) is 3.71. The molecule has 1 aliphatic rings. The first-order valence-electron chi connectivity index (χ1n) is 8.07. The first kappa shape index (κ1) is 17.7. The molecule has 1 aliphatic heterocycles. The molecule has 0 radical (unpaired) electrons. The number of nitrogens with zero attached hydrogens (tertiary/aromatic N) is 3. The lowest BCUT2D eigenvalue weighted by Crippen LogP contribution is -2.41. The highest BCUT2D eigenvalue weighted by Crippen LogP contribution is 2.08. The predicted octanol–water partition coefficient (Wildman–Crippen LogP) is 0.117. The number of aromatic nitrogens is 1. The topological polar surface area (TPSA) is 69.7 Å². The second-order valence-corrected chi connectivity index (χ2v) is 5.90. The Morgan fingerprint density at radius 1 is 1.30 bits per heavy atom. The Kier molecular flexibility index (Phi) is 7.25. The molecule has 0 aromatic carbocycles. The van der Waals surface area contributed by atoms with Gasteiger partial charge in [-0.1, -0.05) is 0 Å². The average Bonchev–Trinajstić information content (AvgIpc) is 2.56. The maximum atomic E-state index is 12.2. The van der Waals surface area contributed by atoms with Gasteiger partial charge in [-0.3, -0.25) is 14.7 Å². The van der Waals surface area contributed by atoms with E-state index in [-0.39, 0.29) is 5.91 Å². The molecule has 1 fully saturated rings. The van der Waals surface area contributed by atoms with E-state index < -0.39 is 0 Å². The van der Waals surface area contributed by atoms with Crippen LogP contribution in [-0.4, -0.2) is 87.3 Å². The number of hydrogen-bond donors (Lipinski definition) is 2. The quantitative estimate of drug-likeness (QED) is 0.709. The number of morpholine rings is 1. The molecule has 0 atom stereocenters. The molecule has 0 aliphatic carbocycles. The minimum atomic E-state index is -0.0815. The average molecular weight is 321 g/mol. The highest BCUT2D eigenvalue weighted by Gasteiger charge is 2.11. The monoisotopic (exact) mass is 321 g/mol. The first-order valence-corrected chi connectivity index (χ1v) is 8.07. The standard InChI is InChI=1S/C16H27N5O2/c1-20(2)5-3-18-15-11-14(12-17-13-15)16(22)19-4-6-21-7-9-23-10-8-21/h11-13,18H,3-10H2,1-2H3,(H,19,22). The maximum absolute atomic E-state index is 12.2. The van der Waals surface area contributed by atoms with Gasteiger partial charge in [-0.15, -0.1) is 0 Å². The fourth-order valence-electron chi connectivity index (χ4n) is 2.34. The van der Waals surface area contributed by atoms with Gasteiger partial charge in [-0.25, -0.2) is 0 Å². The van der Waals surface area contributed by atoms with E-state index in [1.165, 1.54) is 0 Å². The Morgan fingerprint density at radius 2 is 2.09 bits per heavy atom. The van der Waals surface area contributed by atoms with Crippen molar-refractivity contribution in [2.75, 3.05) is 71.9 Å². The SMILES string of the molecule is CN(C)CCNc1cncc(C(=O)NCCN2CCOCC2)c1. The lowest BCUT2D eigenvalue weighted by atomic mass is 10.2. The normalized spacial score (nSPS) is 15.6. The van der Waals surface area contributed by atoms with Crippen molar-refractivity contribution in [1.29, 1.82) is 0 Å². The fourth-order valence-corrected chi connectivity index (χ4v) is 2.34. The van der Waals surface area contributed by atoms with Crippen LogP contribution in [0.3, 0.4) is 0 Å². The summed E-state index contributed by atoms with van der Waals surface area (Å²) in [5.74, 6) is -0.0815. The summed E-state index contributed by atoms with van der Waals surface area (Å²) in [5, 5.41) is 6.22. The number of nitrogens with one attached hydrogen (secondary N) is 2. The number of amides is 1. The van der Waals surface area contributed by atoms with Crippen LogP contribution in [0.25, 0.3) is 0 Å². The van der Waals surface area contributed by atoms with Gasteiger partial charge in [0.1, 0.15) is 0 Å². The Morgan fingerprint density at radius 3 is 2.83 bits per heavy atom. The molecule has 0 bridgehead atoms. The van der Waals surface area contributed by atoms with E-state index in [9.17, 15) is 4.79 Å². The maximum Gasteiger partial charge on any atom is 0.252 e.